The molecule has 1 unspecified atom stereocenters. The van der Waals surface area contributed by atoms with Gasteiger partial charge in [0.1, 0.15) is 0 Å². The summed E-state index contributed by atoms with van der Waals surface area (Å²) in [5.41, 5.74) is 1.45. The molecular weight excluding hydrogens is 272 g/mol. The average molecular weight is 288 g/mol. The van der Waals surface area contributed by atoms with Gasteiger partial charge in [0.05, 0.1) is 5.92 Å². The molecule has 21 heavy (non-hydrogen) atoms. The first kappa shape index (κ1) is 13.4. The number of rotatable bonds is 3. The van der Waals surface area contributed by atoms with E-state index in [0.29, 0.717) is 25.3 Å². The molecule has 2 aliphatic rings. The topological polar surface area (TPSA) is 90.5 Å². The number of benzene rings is 1. The van der Waals surface area contributed by atoms with E-state index in [9.17, 15) is 14.4 Å². The van der Waals surface area contributed by atoms with E-state index in [0.717, 1.165) is 5.69 Å². The zero-order chi connectivity index (χ0) is 14.8. The van der Waals surface area contributed by atoms with Gasteiger partial charge in [-0.25, -0.2) is 4.79 Å². The Morgan fingerprint density at radius 3 is 2.52 bits per heavy atom. The third-order valence-corrected chi connectivity index (χ3v) is 3.65. The molecule has 110 valence electrons. The Labute approximate surface area is 121 Å². The molecule has 2 aliphatic heterocycles. The van der Waals surface area contributed by atoms with Crippen LogP contribution in [-0.4, -0.2) is 37.5 Å². The second-order valence-electron chi connectivity index (χ2n) is 5.12. The molecule has 0 radical (unpaired) electrons. The zero-order valence-corrected chi connectivity index (χ0v) is 11.4. The first-order valence-electron chi connectivity index (χ1n) is 6.86. The normalized spacial score (nSPS) is 21.1. The highest BCUT2D eigenvalue weighted by Gasteiger charge is 2.28. The number of amides is 4. The van der Waals surface area contributed by atoms with E-state index in [1.807, 2.05) is 0 Å². The van der Waals surface area contributed by atoms with Crippen LogP contribution in [0.25, 0.3) is 0 Å². The second kappa shape index (κ2) is 5.43. The quantitative estimate of drug-likeness (QED) is 0.746. The Morgan fingerprint density at radius 2 is 1.95 bits per heavy atom. The van der Waals surface area contributed by atoms with Gasteiger partial charge in [0.2, 0.25) is 11.8 Å². The van der Waals surface area contributed by atoms with Gasteiger partial charge in [-0.2, -0.15) is 0 Å². The van der Waals surface area contributed by atoms with E-state index >= 15 is 0 Å². The Hall–Kier alpha value is -2.57. The van der Waals surface area contributed by atoms with Gasteiger partial charge in [-0.1, -0.05) is 0 Å². The molecule has 0 aromatic heterocycles. The van der Waals surface area contributed by atoms with Crippen molar-refractivity contribution >= 4 is 29.2 Å². The highest BCUT2D eigenvalue weighted by atomic mass is 16.2. The second-order valence-corrected chi connectivity index (χ2v) is 5.12. The van der Waals surface area contributed by atoms with Crippen molar-refractivity contribution in [1.82, 2.24) is 10.6 Å². The predicted molar refractivity (Wildman–Crippen MR) is 76.9 cm³/mol. The monoisotopic (exact) mass is 288 g/mol. The van der Waals surface area contributed by atoms with Crippen molar-refractivity contribution in [2.45, 2.75) is 6.42 Å². The summed E-state index contributed by atoms with van der Waals surface area (Å²) in [6.07, 6.45) is 0.234. The van der Waals surface area contributed by atoms with Crippen LogP contribution in [0.3, 0.4) is 0 Å². The summed E-state index contributed by atoms with van der Waals surface area (Å²) in [5, 5.41) is 8.15. The van der Waals surface area contributed by atoms with Gasteiger partial charge in [0.25, 0.3) is 0 Å². The minimum Gasteiger partial charge on any atom is -0.355 e. The van der Waals surface area contributed by atoms with Crippen LogP contribution in [0.15, 0.2) is 24.3 Å². The van der Waals surface area contributed by atoms with E-state index in [2.05, 4.69) is 16.0 Å². The number of carbonyl (C=O) groups is 3. The maximum Gasteiger partial charge on any atom is 0.321 e. The average Bonchev–Trinajstić information content (AvgIpc) is 3.08. The van der Waals surface area contributed by atoms with Crippen molar-refractivity contribution in [3.8, 4) is 0 Å². The van der Waals surface area contributed by atoms with Gasteiger partial charge in [0, 0.05) is 37.4 Å². The maximum absolute atomic E-state index is 12.0. The minimum atomic E-state index is -0.318. The molecule has 1 atom stereocenters. The van der Waals surface area contributed by atoms with Crippen LogP contribution in [-0.2, 0) is 9.59 Å². The molecule has 2 fully saturated rings. The van der Waals surface area contributed by atoms with E-state index in [-0.39, 0.29) is 30.2 Å². The highest BCUT2D eigenvalue weighted by Crippen LogP contribution is 2.20. The Bertz CT molecular complexity index is 584. The van der Waals surface area contributed by atoms with Gasteiger partial charge < -0.3 is 16.0 Å². The van der Waals surface area contributed by atoms with Crippen LogP contribution in [0.2, 0.25) is 0 Å². The van der Waals surface area contributed by atoms with Crippen molar-refractivity contribution < 1.29 is 14.4 Å². The molecule has 0 bridgehead atoms. The van der Waals surface area contributed by atoms with E-state index in [4.69, 9.17) is 0 Å². The molecule has 0 saturated carbocycles. The standard InChI is InChI=1S/C14H16N4O3/c19-12-7-9(8-16-12)13(20)17-10-1-3-11(4-2-10)18-6-5-15-14(18)21/h1-4,9H,5-8H2,(H,15,21)(H,16,19)(H,17,20). The maximum atomic E-state index is 12.0. The van der Waals surface area contributed by atoms with E-state index in [1.54, 1.807) is 29.2 Å². The zero-order valence-electron chi connectivity index (χ0n) is 11.4. The summed E-state index contributed by atoms with van der Waals surface area (Å²) in [6, 6.07) is 6.98. The van der Waals surface area contributed by atoms with Crippen LogP contribution in [0.5, 0.6) is 0 Å². The summed E-state index contributed by atoms with van der Waals surface area (Å²) in [6.45, 7) is 1.66. The molecule has 0 spiro atoms. The lowest BCUT2D eigenvalue weighted by atomic mass is 10.1. The van der Waals surface area contributed by atoms with Gasteiger partial charge in [-0.15, -0.1) is 0 Å². The number of nitrogens with one attached hydrogen (secondary N) is 3. The molecule has 3 N–H and O–H groups in total. The van der Waals surface area contributed by atoms with Crippen molar-refractivity contribution in [1.29, 1.82) is 0 Å². The Morgan fingerprint density at radius 1 is 1.19 bits per heavy atom. The third kappa shape index (κ3) is 2.81. The fourth-order valence-corrected chi connectivity index (χ4v) is 2.48. The summed E-state index contributed by atoms with van der Waals surface area (Å²) >= 11 is 0. The number of urea groups is 1. The fraction of sp³-hybridized carbons (Fsp3) is 0.357. The molecule has 1 aromatic rings. The van der Waals surface area contributed by atoms with Crippen LogP contribution >= 0.6 is 0 Å². The molecular formula is C14H16N4O3. The van der Waals surface area contributed by atoms with Crippen molar-refractivity contribution in [2.24, 2.45) is 5.92 Å². The minimum absolute atomic E-state index is 0.0921. The smallest absolute Gasteiger partial charge is 0.321 e. The predicted octanol–water partition coefficient (Wildman–Crippen LogP) is 0.291. The number of hydrogen-bond donors (Lipinski definition) is 3. The summed E-state index contributed by atoms with van der Waals surface area (Å²) in [5.74, 6) is -0.577. The number of anilines is 2. The molecule has 0 aliphatic carbocycles. The number of hydrogen-bond acceptors (Lipinski definition) is 3. The Balaban J connectivity index is 1.63. The van der Waals surface area contributed by atoms with Crippen LogP contribution in [0.4, 0.5) is 16.2 Å². The van der Waals surface area contributed by atoms with Gasteiger partial charge in [-0.05, 0) is 24.3 Å². The summed E-state index contributed by atoms with van der Waals surface area (Å²) in [4.78, 5) is 36.3. The van der Waals surface area contributed by atoms with Crippen LogP contribution < -0.4 is 20.9 Å². The molecule has 2 saturated heterocycles. The summed E-state index contributed by atoms with van der Waals surface area (Å²) in [7, 11) is 0. The lowest BCUT2D eigenvalue weighted by Crippen LogP contribution is -2.27. The first-order chi connectivity index (χ1) is 10.1. The SMILES string of the molecule is O=C1CC(C(=O)Nc2ccc(N3CCNC3=O)cc2)CN1. The first-order valence-corrected chi connectivity index (χ1v) is 6.86. The number of nitrogens with zero attached hydrogens (tertiary/aromatic N) is 1. The summed E-state index contributed by atoms with van der Waals surface area (Å²) < 4.78 is 0. The fourth-order valence-electron chi connectivity index (χ4n) is 2.48. The highest BCUT2D eigenvalue weighted by molar-refractivity contribution is 5.98. The van der Waals surface area contributed by atoms with Crippen LogP contribution in [0.1, 0.15) is 6.42 Å². The van der Waals surface area contributed by atoms with E-state index < -0.39 is 0 Å². The molecule has 4 amide bonds. The van der Waals surface area contributed by atoms with Gasteiger partial charge in [0.15, 0.2) is 0 Å². The van der Waals surface area contributed by atoms with Crippen molar-refractivity contribution in [3.05, 3.63) is 24.3 Å². The Kier molecular flexibility index (Phi) is 3.47. The van der Waals surface area contributed by atoms with Crippen LogP contribution in [0, 0.1) is 5.92 Å². The molecule has 2 heterocycles. The van der Waals surface area contributed by atoms with E-state index in [1.165, 1.54) is 0 Å². The van der Waals surface area contributed by atoms with Crippen molar-refractivity contribution in [2.75, 3.05) is 29.9 Å². The molecule has 7 nitrogen and oxygen atoms in total. The lowest BCUT2D eigenvalue weighted by Gasteiger charge is -2.15. The molecule has 7 heteroatoms. The molecule has 1 aromatic carbocycles. The largest absolute Gasteiger partial charge is 0.355 e. The van der Waals surface area contributed by atoms with Gasteiger partial charge in [-0.3, -0.25) is 14.5 Å². The number of carbonyl (C=O) groups excluding carboxylic acids is 3. The van der Waals surface area contributed by atoms with Crippen molar-refractivity contribution in [3.63, 3.8) is 0 Å². The van der Waals surface area contributed by atoms with Gasteiger partial charge >= 0.3 is 6.03 Å². The molecule has 3 rings (SSSR count). The third-order valence-electron chi connectivity index (χ3n) is 3.65. The lowest BCUT2D eigenvalue weighted by molar-refractivity contribution is -0.123.